The number of ether oxygens (including phenoxy) is 2. The van der Waals surface area contributed by atoms with Crippen LogP contribution in [0, 0.1) is 6.92 Å². The lowest BCUT2D eigenvalue weighted by Crippen LogP contribution is -2.14. The summed E-state index contributed by atoms with van der Waals surface area (Å²) in [4.78, 5) is 16.7. The van der Waals surface area contributed by atoms with Gasteiger partial charge in [0, 0.05) is 10.9 Å². The van der Waals surface area contributed by atoms with Crippen molar-refractivity contribution in [3.05, 3.63) is 59.0 Å². The van der Waals surface area contributed by atoms with Gasteiger partial charge in [-0.15, -0.1) is 11.3 Å². The zero-order valence-electron chi connectivity index (χ0n) is 13.6. The second kappa shape index (κ2) is 6.57. The molecule has 1 aliphatic rings. The van der Waals surface area contributed by atoms with Crippen molar-refractivity contribution in [1.82, 2.24) is 4.98 Å². The zero-order chi connectivity index (χ0) is 17.2. The van der Waals surface area contributed by atoms with Crippen molar-refractivity contribution >= 4 is 22.4 Å². The van der Waals surface area contributed by atoms with Gasteiger partial charge in [0.2, 0.25) is 12.7 Å². The first kappa shape index (κ1) is 15.7. The topological polar surface area (TPSA) is 60.5 Å². The molecular weight excluding hydrogens is 336 g/mol. The first-order valence-electron chi connectivity index (χ1n) is 7.88. The van der Waals surface area contributed by atoms with E-state index in [1.165, 1.54) is 11.3 Å². The molecule has 126 valence electrons. The van der Waals surface area contributed by atoms with Gasteiger partial charge in [0.1, 0.15) is 0 Å². The number of aromatic nitrogens is 1. The quantitative estimate of drug-likeness (QED) is 0.770. The Hall–Kier alpha value is -2.86. The molecule has 0 fully saturated rings. The molecule has 0 saturated carbocycles. The fraction of sp³-hybridized carbons (Fsp3) is 0.158. The normalized spacial score (nSPS) is 12.2. The van der Waals surface area contributed by atoms with Gasteiger partial charge < -0.3 is 14.8 Å². The number of amides is 1. The average molecular weight is 352 g/mol. The third-order valence-electron chi connectivity index (χ3n) is 3.87. The molecule has 1 amide bonds. The molecule has 5 nitrogen and oxygen atoms in total. The molecule has 0 radical (unpaired) electrons. The first-order valence-corrected chi connectivity index (χ1v) is 8.76. The van der Waals surface area contributed by atoms with E-state index in [0.717, 1.165) is 33.9 Å². The Morgan fingerprint density at radius 1 is 1.20 bits per heavy atom. The number of carbonyl (C=O) groups excluding carboxylic acids is 1. The van der Waals surface area contributed by atoms with Gasteiger partial charge in [-0.25, -0.2) is 4.98 Å². The summed E-state index contributed by atoms with van der Waals surface area (Å²) in [6.45, 7) is 2.26. The van der Waals surface area contributed by atoms with Gasteiger partial charge in [0.05, 0.1) is 12.1 Å². The summed E-state index contributed by atoms with van der Waals surface area (Å²) >= 11 is 1.40. The fourth-order valence-corrected chi connectivity index (χ4v) is 3.43. The summed E-state index contributed by atoms with van der Waals surface area (Å²) in [5, 5.41) is 5.37. The van der Waals surface area contributed by atoms with Crippen LogP contribution in [0.2, 0.25) is 0 Å². The van der Waals surface area contributed by atoms with Crippen LogP contribution in [0.1, 0.15) is 11.1 Å². The molecule has 4 rings (SSSR count). The monoisotopic (exact) mass is 352 g/mol. The molecule has 25 heavy (non-hydrogen) atoms. The number of rotatable bonds is 4. The minimum absolute atomic E-state index is 0.0720. The highest BCUT2D eigenvalue weighted by molar-refractivity contribution is 7.14. The number of aryl methyl sites for hydroxylation is 1. The molecule has 1 aliphatic heterocycles. The molecule has 2 heterocycles. The number of benzene rings is 2. The third-order valence-corrected chi connectivity index (χ3v) is 4.62. The number of carbonyl (C=O) groups is 1. The largest absolute Gasteiger partial charge is 0.454 e. The molecule has 0 bridgehead atoms. The second-order valence-electron chi connectivity index (χ2n) is 5.82. The number of nitrogens with zero attached hydrogens (tertiary/aromatic N) is 1. The Balaban J connectivity index is 1.45. The van der Waals surface area contributed by atoms with E-state index < -0.39 is 0 Å². The molecule has 1 N–H and O–H groups in total. The lowest BCUT2D eigenvalue weighted by Gasteiger charge is -2.03. The van der Waals surface area contributed by atoms with Gasteiger partial charge in [0.25, 0.3) is 0 Å². The minimum Gasteiger partial charge on any atom is -0.454 e. The van der Waals surface area contributed by atoms with Crippen LogP contribution in [-0.4, -0.2) is 17.7 Å². The maximum atomic E-state index is 12.2. The highest BCUT2D eigenvalue weighted by atomic mass is 32.1. The van der Waals surface area contributed by atoms with Gasteiger partial charge >= 0.3 is 0 Å². The van der Waals surface area contributed by atoms with E-state index in [2.05, 4.69) is 10.3 Å². The van der Waals surface area contributed by atoms with E-state index in [9.17, 15) is 4.79 Å². The SMILES string of the molecule is Cc1cccc(CC(=O)Nc2nc(-c3ccc4c(c3)OCO4)cs2)c1. The molecular formula is C19H16N2O3S. The lowest BCUT2D eigenvalue weighted by molar-refractivity contribution is -0.115. The van der Waals surface area contributed by atoms with E-state index >= 15 is 0 Å². The summed E-state index contributed by atoms with van der Waals surface area (Å²) < 4.78 is 10.7. The van der Waals surface area contributed by atoms with Gasteiger partial charge in [-0.2, -0.15) is 0 Å². The molecule has 0 saturated heterocycles. The van der Waals surface area contributed by atoms with Crippen LogP contribution in [0.15, 0.2) is 47.8 Å². The molecule has 0 atom stereocenters. The molecule has 0 aliphatic carbocycles. The predicted molar refractivity (Wildman–Crippen MR) is 97.2 cm³/mol. The van der Waals surface area contributed by atoms with Gasteiger partial charge in [-0.05, 0) is 30.7 Å². The molecule has 0 spiro atoms. The van der Waals surface area contributed by atoms with Gasteiger partial charge in [-0.3, -0.25) is 4.79 Å². The molecule has 3 aromatic rings. The third kappa shape index (κ3) is 3.49. The van der Waals surface area contributed by atoms with E-state index in [-0.39, 0.29) is 12.7 Å². The molecule has 0 unspecified atom stereocenters. The minimum atomic E-state index is -0.0720. The summed E-state index contributed by atoms with van der Waals surface area (Å²) in [6.07, 6.45) is 0.334. The van der Waals surface area contributed by atoms with Crippen LogP contribution in [-0.2, 0) is 11.2 Å². The Labute approximate surface area is 149 Å². The van der Waals surface area contributed by atoms with Crippen molar-refractivity contribution in [2.24, 2.45) is 0 Å². The zero-order valence-corrected chi connectivity index (χ0v) is 14.4. The van der Waals surface area contributed by atoms with Crippen LogP contribution >= 0.6 is 11.3 Å². The van der Waals surface area contributed by atoms with Crippen molar-refractivity contribution in [1.29, 1.82) is 0 Å². The maximum absolute atomic E-state index is 12.2. The number of thiazole rings is 1. The fourth-order valence-electron chi connectivity index (χ4n) is 2.69. The smallest absolute Gasteiger partial charge is 0.231 e. The Bertz CT molecular complexity index is 936. The Morgan fingerprint density at radius 3 is 2.96 bits per heavy atom. The van der Waals surface area contributed by atoms with Crippen molar-refractivity contribution in [2.45, 2.75) is 13.3 Å². The van der Waals surface area contributed by atoms with Gasteiger partial charge in [0.15, 0.2) is 16.6 Å². The number of anilines is 1. The van der Waals surface area contributed by atoms with Gasteiger partial charge in [-0.1, -0.05) is 29.8 Å². The van der Waals surface area contributed by atoms with E-state index in [1.54, 1.807) is 0 Å². The first-order chi connectivity index (χ1) is 12.2. The Kier molecular flexibility index (Phi) is 4.11. The van der Waals surface area contributed by atoms with Crippen molar-refractivity contribution in [3.8, 4) is 22.8 Å². The number of fused-ring (bicyclic) bond motifs is 1. The van der Waals surface area contributed by atoms with Crippen molar-refractivity contribution < 1.29 is 14.3 Å². The van der Waals surface area contributed by atoms with E-state index in [4.69, 9.17) is 9.47 Å². The van der Waals surface area contributed by atoms with Crippen molar-refractivity contribution in [2.75, 3.05) is 12.1 Å². The highest BCUT2D eigenvalue weighted by Gasteiger charge is 2.15. The van der Waals surface area contributed by atoms with Crippen LogP contribution in [0.4, 0.5) is 5.13 Å². The summed E-state index contributed by atoms with van der Waals surface area (Å²) in [6, 6.07) is 13.6. The molecule has 6 heteroatoms. The Morgan fingerprint density at radius 2 is 2.08 bits per heavy atom. The number of hydrogen-bond acceptors (Lipinski definition) is 5. The van der Waals surface area contributed by atoms with Crippen LogP contribution in [0.5, 0.6) is 11.5 Å². The van der Waals surface area contributed by atoms with Crippen molar-refractivity contribution in [3.63, 3.8) is 0 Å². The predicted octanol–water partition coefficient (Wildman–Crippen LogP) is 4.03. The number of hydrogen-bond donors (Lipinski definition) is 1. The standard InChI is InChI=1S/C19H16N2O3S/c1-12-3-2-4-13(7-12)8-18(22)21-19-20-15(10-25-19)14-5-6-16-17(9-14)24-11-23-16/h2-7,9-10H,8,11H2,1H3,(H,20,21,22). The van der Waals surface area contributed by atoms with E-state index in [0.29, 0.717) is 11.6 Å². The van der Waals surface area contributed by atoms with Crippen LogP contribution in [0.3, 0.4) is 0 Å². The molecule has 1 aromatic heterocycles. The lowest BCUT2D eigenvalue weighted by atomic mass is 10.1. The summed E-state index contributed by atoms with van der Waals surface area (Å²) in [5.41, 5.74) is 3.86. The number of nitrogens with one attached hydrogen (secondary N) is 1. The highest BCUT2D eigenvalue weighted by Crippen LogP contribution is 2.36. The molecule has 2 aromatic carbocycles. The average Bonchev–Trinajstić information content (AvgIpc) is 3.23. The van der Waals surface area contributed by atoms with Crippen LogP contribution < -0.4 is 14.8 Å². The summed E-state index contributed by atoms with van der Waals surface area (Å²) in [5.74, 6) is 1.39. The summed E-state index contributed by atoms with van der Waals surface area (Å²) in [7, 11) is 0. The van der Waals surface area contributed by atoms with E-state index in [1.807, 2.05) is 54.8 Å². The maximum Gasteiger partial charge on any atom is 0.231 e. The van der Waals surface area contributed by atoms with Crippen LogP contribution in [0.25, 0.3) is 11.3 Å². The second-order valence-corrected chi connectivity index (χ2v) is 6.68.